The molecular formula is C21H21ClFNO4. The minimum atomic E-state index is -1.12. The average Bonchev–Trinajstić information content (AvgIpc) is 3.08. The molecule has 2 aromatic carbocycles. The highest BCUT2D eigenvalue weighted by Gasteiger charge is 2.28. The highest BCUT2D eigenvalue weighted by molar-refractivity contribution is 6.31. The van der Waals surface area contributed by atoms with Crippen molar-refractivity contribution < 1.29 is 23.8 Å². The number of aliphatic carboxylic acids is 1. The minimum absolute atomic E-state index is 0.0147. The number of carbonyl (C=O) groups is 2. The van der Waals surface area contributed by atoms with Crippen molar-refractivity contribution >= 4 is 23.5 Å². The van der Waals surface area contributed by atoms with Gasteiger partial charge in [-0.25, -0.2) is 9.18 Å². The molecule has 1 N–H and O–H groups in total. The van der Waals surface area contributed by atoms with Gasteiger partial charge in [0.2, 0.25) is 0 Å². The molecule has 0 radical (unpaired) electrons. The SMILES string of the molecule is C[C@H](Oc1ccc(Cl)cc1-c1ccc(C(=O)N2CCC[C@@H]2C)c(F)c1)C(=O)O. The minimum Gasteiger partial charge on any atom is -0.479 e. The molecule has 7 heteroatoms. The van der Waals surface area contributed by atoms with Crippen LogP contribution in [0.5, 0.6) is 5.75 Å². The van der Waals surface area contributed by atoms with Crippen molar-refractivity contribution in [2.75, 3.05) is 6.54 Å². The van der Waals surface area contributed by atoms with Crippen LogP contribution in [0.4, 0.5) is 4.39 Å². The van der Waals surface area contributed by atoms with Gasteiger partial charge in [-0.1, -0.05) is 17.7 Å². The molecule has 0 aromatic heterocycles. The zero-order chi connectivity index (χ0) is 20.4. The smallest absolute Gasteiger partial charge is 0.344 e. The quantitative estimate of drug-likeness (QED) is 0.788. The first-order chi connectivity index (χ1) is 13.3. The maximum Gasteiger partial charge on any atom is 0.344 e. The number of hydrogen-bond acceptors (Lipinski definition) is 3. The first-order valence-corrected chi connectivity index (χ1v) is 9.45. The number of hydrogen-bond donors (Lipinski definition) is 1. The van der Waals surface area contributed by atoms with Crippen molar-refractivity contribution in [2.24, 2.45) is 0 Å². The zero-order valence-corrected chi connectivity index (χ0v) is 16.4. The third kappa shape index (κ3) is 4.12. The number of carboxylic acid groups (broad SMARTS) is 1. The highest BCUT2D eigenvalue weighted by atomic mass is 35.5. The van der Waals surface area contributed by atoms with Gasteiger partial charge >= 0.3 is 5.97 Å². The fraction of sp³-hybridized carbons (Fsp3) is 0.333. The van der Waals surface area contributed by atoms with Crippen LogP contribution >= 0.6 is 11.6 Å². The Morgan fingerprint density at radius 3 is 2.64 bits per heavy atom. The third-order valence-electron chi connectivity index (χ3n) is 4.92. The van der Waals surface area contributed by atoms with E-state index in [9.17, 15) is 14.0 Å². The Morgan fingerprint density at radius 1 is 1.29 bits per heavy atom. The number of carboxylic acids is 1. The van der Waals surface area contributed by atoms with Crippen LogP contribution in [-0.2, 0) is 4.79 Å². The molecule has 1 aliphatic heterocycles. The molecule has 0 aliphatic carbocycles. The Morgan fingerprint density at radius 2 is 2.04 bits per heavy atom. The molecule has 1 heterocycles. The molecule has 28 heavy (non-hydrogen) atoms. The van der Waals surface area contributed by atoms with Gasteiger partial charge in [-0.3, -0.25) is 4.79 Å². The number of benzene rings is 2. The van der Waals surface area contributed by atoms with Crippen LogP contribution in [-0.4, -0.2) is 40.6 Å². The number of halogens is 2. The predicted molar refractivity (Wildman–Crippen MR) is 104 cm³/mol. The summed E-state index contributed by atoms with van der Waals surface area (Å²) in [6, 6.07) is 9.09. The number of likely N-dealkylation sites (tertiary alicyclic amines) is 1. The highest BCUT2D eigenvalue weighted by Crippen LogP contribution is 2.34. The van der Waals surface area contributed by atoms with E-state index in [-0.39, 0.29) is 23.3 Å². The normalized spacial score (nSPS) is 17.4. The summed E-state index contributed by atoms with van der Waals surface area (Å²) in [5.41, 5.74) is 0.910. The van der Waals surface area contributed by atoms with Crippen molar-refractivity contribution in [1.29, 1.82) is 0 Å². The van der Waals surface area contributed by atoms with Gasteiger partial charge in [-0.05, 0) is 62.6 Å². The molecule has 1 aliphatic rings. The largest absolute Gasteiger partial charge is 0.479 e. The summed E-state index contributed by atoms with van der Waals surface area (Å²) in [6.45, 7) is 3.98. The van der Waals surface area contributed by atoms with Crippen molar-refractivity contribution in [3.63, 3.8) is 0 Å². The molecule has 5 nitrogen and oxygen atoms in total. The lowest BCUT2D eigenvalue weighted by molar-refractivity contribution is -0.144. The fourth-order valence-corrected chi connectivity index (χ4v) is 3.49. The second-order valence-corrected chi connectivity index (χ2v) is 7.36. The predicted octanol–water partition coefficient (Wildman–Crippen LogP) is 4.62. The van der Waals surface area contributed by atoms with Gasteiger partial charge in [-0.2, -0.15) is 0 Å². The van der Waals surface area contributed by atoms with Gasteiger partial charge in [0.05, 0.1) is 5.56 Å². The van der Waals surface area contributed by atoms with Gasteiger partial charge in [0.1, 0.15) is 11.6 Å². The summed E-state index contributed by atoms with van der Waals surface area (Å²) >= 11 is 6.06. The van der Waals surface area contributed by atoms with Gasteiger partial charge in [0, 0.05) is 23.2 Å². The molecule has 1 saturated heterocycles. The van der Waals surface area contributed by atoms with E-state index in [2.05, 4.69) is 0 Å². The average molecular weight is 406 g/mol. The lowest BCUT2D eigenvalue weighted by Crippen LogP contribution is -2.34. The fourth-order valence-electron chi connectivity index (χ4n) is 3.32. The number of nitrogens with zero attached hydrogens (tertiary/aromatic N) is 1. The van der Waals surface area contributed by atoms with Crippen molar-refractivity contribution in [1.82, 2.24) is 4.90 Å². The lowest BCUT2D eigenvalue weighted by atomic mass is 10.0. The molecule has 0 bridgehead atoms. The first kappa shape index (κ1) is 20.1. The summed E-state index contributed by atoms with van der Waals surface area (Å²) in [5.74, 6) is -1.81. The van der Waals surface area contributed by atoms with Crippen LogP contribution in [0, 0.1) is 5.82 Å². The number of rotatable bonds is 5. The Labute approximate surface area is 167 Å². The van der Waals surface area contributed by atoms with E-state index in [0.717, 1.165) is 12.8 Å². The molecule has 2 atom stereocenters. The van der Waals surface area contributed by atoms with Gasteiger partial charge in [0.15, 0.2) is 6.10 Å². The summed E-state index contributed by atoms with van der Waals surface area (Å²) in [5, 5.41) is 9.47. The Balaban J connectivity index is 1.94. The summed E-state index contributed by atoms with van der Waals surface area (Å²) in [4.78, 5) is 25.4. The molecular weight excluding hydrogens is 385 g/mol. The van der Waals surface area contributed by atoms with Crippen molar-refractivity contribution in [3.8, 4) is 16.9 Å². The van der Waals surface area contributed by atoms with Crippen molar-refractivity contribution in [2.45, 2.75) is 38.8 Å². The second-order valence-electron chi connectivity index (χ2n) is 6.92. The van der Waals surface area contributed by atoms with Crippen LogP contribution in [0.3, 0.4) is 0 Å². The maximum atomic E-state index is 14.8. The van der Waals surface area contributed by atoms with E-state index in [1.807, 2.05) is 6.92 Å². The van der Waals surface area contributed by atoms with Gasteiger partial charge < -0.3 is 14.7 Å². The second kappa shape index (κ2) is 8.19. The lowest BCUT2D eigenvalue weighted by Gasteiger charge is -2.22. The first-order valence-electron chi connectivity index (χ1n) is 9.08. The molecule has 2 aromatic rings. The maximum absolute atomic E-state index is 14.8. The van der Waals surface area contributed by atoms with Crippen LogP contribution in [0.1, 0.15) is 37.0 Å². The van der Waals surface area contributed by atoms with Gasteiger partial charge in [-0.15, -0.1) is 0 Å². The molecule has 3 rings (SSSR count). The standard InChI is InChI=1S/C21H21ClFNO4/c1-12-4-3-9-24(12)20(25)16-7-5-14(10-18(16)23)17-11-15(22)6-8-19(17)28-13(2)21(26)27/h5-8,10-13H,3-4,9H2,1-2H3,(H,26,27)/t12-,13-/m0/s1. The summed E-state index contributed by atoms with van der Waals surface area (Å²) in [6.07, 6.45) is 0.746. The molecule has 1 fully saturated rings. The van der Waals surface area contributed by atoms with Gasteiger partial charge in [0.25, 0.3) is 5.91 Å². The summed E-state index contributed by atoms with van der Waals surface area (Å²) in [7, 11) is 0. The molecule has 148 valence electrons. The number of ether oxygens (including phenoxy) is 1. The Hall–Kier alpha value is -2.60. The van der Waals surface area contributed by atoms with E-state index in [1.165, 1.54) is 19.1 Å². The van der Waals surface area contributed by atoms with E-state index in [1.54, 1.807) is 29.2 Å². The Bertz CT molecular complexity index is 917. The van der Waals surface area contributed by atoms with E-state index in [0.29, 0.717) is 22.7 Å². The van der Waals surface area contributed by atoms with E-state index < -0.39 is 17.9 Å². The summed E-state index contributed by atoms with van der Waals surface area (Å²) < 4.78 is 20.2. The van der Waals surface area contributed by atoms with E-state index in [4.69, 9.17) is 21.4 Å². The van der Waals surface area contributed by atoms with E-state index >= 15 is 0 Å². The molecule has 1 amide bonds. The molecule has 0 spiro atoms. The number of amides is 1. The Kier molecular flexibility index (Phi) is 5.89. The van der Waals surface area contributed by atoms with Crippen LogP contribution in [0.2, 0.25) is 5.02 Å². The topological polar surface area (TPSA) is 66.8 Å². The molecule has 0 saturated carbocycles. The monoisotopic (exact) mass is 405 g/mol. The number of carbonyl (C=O) groups excluding carboxylic acids is 1. The van der Waals surface area contributed by atoms with Crippen LogP contribution in [0.15, 0.2) is 36.4 Å². The zero-order valence-electron chi connectivity index (χ0n) is 15.6. The van der Waals surface area contributed by atoms with Crippen molar-refractivity contribution in [3.05, 3.63) is 52.8 Å². The molecule has 0 unspecified atom stereocenters. The van der Waals surface area contributed by atoms with Crippen LogP contribution < -0.4 is 4.74 Å². The third-order valence-corrected chi connectivity index (χ3v) is 5.15. The van der Waals surface area contributed by atoms with Crippen LogP contribution in [0.25, 0.3) is 11.1 Å².